The van der Waals surface area contributed by atoms with Gasteiger partial charge in [-0.1, -0.05) is 48.5 Å². The molecule has 2 aromatic carbocycles. The SMILES string of the molecule is N#Cc1cccc(CN2CC=C(c3ccccc3)CC2)c1. The Balaban J connectivity index is 1.66. The van der Waals surface area contributed by atoms with Gasteiger partial charge >= 0.3 is 0 Å². The second-order valence-electron chi connectivity index (χ2n) is 5.39. The number of nitrogens with zero attached hydrogens (tertiary/aromatic N) is 2. The Labute approximate surface area is 126 Å². The van der Waals surface area contributed by atoms with Crippen LogP contribution in [0, 0.1) is 11.3 Å². The molecule has 0 aliphatic carbocycles. The molecule has 2 nitrogen and oxygen atoms in total. The van der Waals surface area contributed by atoms with Crippen molar-refractivity contribution in [2.24, 2.45) is 0 Å². The van der Waals surface area contributed by atoms with Gasteiger partial charge in [0.25, 0.3) is 0 Å². The van der Waals surface area contributed by atoms with Gasteiger partial charge in [0.2, 0.25) is 0 Å². The van der Waals surface area contributed by atoms with Crippen LogP contribution in [0.3, 0.4) is 0 Å². The number of rotatable bonds is 3. The van der Waals surface area contributed by atoms with E-state index in [1.165, 1.54) is 16.7 Å². The molecule has 0 fully saturated rings. The highest BCUT2D eigenvalue weighted by atomic mass is 15.1. The van der Waals surface area contributed by atoms with Crippen molar-refractivity contribution in [1.82, 2.24) is 4.90 Å². The van der Waals surface area contributed by atoms with Gasteiger partial charge in [-0.05, 0) is 35.3 Å². The zero-order chi connectivity index (χ0) is 14.5. The van der Waals surface area contributed by atoms with Crippen LogP contribution in [0.1, 0.15) is 23.1 Å². The van der Waals surface area contributed by atoms with E-state index in [0.717, 1.165) is 31.6 Å². The Morgan fingerprint density at radius 2 is 1.90 bits per heavy atom. The molecule has 0 unspecified atom stereocenters. The summed E-state index contributed by atoms with van der Waals surface area (Å²) in [6.45, 7) is 2.95. The third-order valence-corrected chi connectivity index (χ3v) is 3.90. The zero-order valence-corrected chi connectivity index (χ0v) is 12.0. The Bertz CT molecular complexity index is 680. The molecule has 0 aromatic heterocycles. The predicted molar refractivity (Wildman–Crippen MR) is 85.5 cm³/mol. The molecule has 0 atom stereocenters. The van der Waals surface area contributed by atoms with Crippen LogP contribution in [0.4, 0.5) is 0 Å². The lowest BCUT2D eigenvalue weighted by atomic mass is 9.99. The summed E-state index contributed by atoms with van der Waals surface area (Å²) in [5.74, 6) is 0. The maximum absolute atomic E-state index is 8.96. The summed E-state index contributed by atoms with van der Waals surface area (Å²) in [5.41, 5.74) is 4.73. The monoisotopic (exact) mass is 274 g/mol. The molecule has 3 rings (SSSR count). The van der Waals surface area contributed by atoms with Gasteiger partial charge in [-0.3, -0.25) is 4.90 Å². The molecule has 0 N–H and O–H groups in total. The smallest absolute Gasteiger partial charge is 0.0991 e. The van der Waals surface area contributed by atoms with Crippen molar-refractivity contribution in [2.75, 3.05) is 13.1 Å². The van der Waals surface area contributed by atoms with E-state index in [9.17, 15) is 0 Å². The Morgan fingerprint density at radius 1 is 1.05 bits per heavy atom. The number of nitriles is 1. The topological polar surface area (TPSA) is 27.0 Å². The van der Waals surface area contributed by atoms with Gasteiger partial charge in [0.15, 0.2) is 0 Å². The first kappa shape index (κ1) is 13.6. The minimum absolute atomic E-state index is 0.741. The quantitative estimate of drug-likeness (QED) is 0.850. The average molecular weight is 274 g/mol. The fourth-order valence-corrected chi connectivity index (χ4v) is 2.77. The van der Waals surface area contributed by atoms with Crippen LogP contribution in [0.5, 0.6) is 0 Å². The minimum atomic E-state index is 0.741. The van der Waals surface area contributed by atoms with E-state index in [-0.39, 0.29) is 0 Å². The van der Waals surface area contributed by atoms with E-state index in [0.29, 0.717) is 0 Å². The Kier molecular flexibility index (Phi) is 4.14. The third-order valence-electron chi connectivity index (χ3n) is 3.90. The zero-order valence-electron chi connectivity index (χ0n) is 12.0. The maximum Gasteiger partial charge on any atom is 0.0991 e. The van der Waals surface area contributed by atoms with Gasteiger partial charge in [-0.15, -0.1) is 0 Å². The van der Waals surface area contributed by atoms with Crippen LogP contribution in [-0.2, 0) is 6.54 Å². The van der Waals surface area contributed by atoms with Crippen LogP contribution >= 0.6 is 0 Å². The van der Waals surface area contributed by atoms with Crippen LogP contribution in [0.2, 0.25) is 0 Å². The van der Waals surface area contributed by atoms with Gasteiger partial charge in [0, 0.05) is 19.6 Å². The van der Waals surface area contributed by atoms with Crippen molar-refractivity contribution in [2.45, 2.75) is 13.0 Å². The molecule has 0 spiro atoms. The molecule has 0 amide bonds. The summed E-state index contributed by atoms with van der Waals surface area (Å²) in [7, 11) is 0. The van der Waals surface area contributed by atoms with Crippen molar-refractivity contribution in [3.05, 3.63) is 77.4 Å². The molecule has 21 heavy (non-hydrogen) atoms. The van der Waals surface area contributed by atoms with Crippen LogP contribution in [-0.4, -0.2) is 18.0 Å². The first-order valence-electron chi connectivity index (χ1n) is 7.31. The molecular weight excluding hydrogens is 256 g/mol. The number of hydrogen-bond acceptors (Lipinski definition) is 2. The molecule has 1 heterocycles. The van der Waals surface area contributed by atoms with Gasteiger partial charge < -0.3 is 0 Å². The third kappa shape index (κ3) is 3.39. The summed E-state index contributed by atoms with van der Waals surface area (Å²) in [4.78, 5) is 2.42. The summed E-state index contributed by atoms with van der Waals surface area (Å²) < 4.78 is 0. The molecule has 2 heteroatoms. The molecule has 1 aliphatic rings. The summed E-state index contributed by atoms with van der Waals surface area (Å²) in [6.07, 6.45) is 3.41. The normalized spacial score (nSPS) is 15.3. The molecular formula is C19H18N2. The Hall–Kier alpha value is -2.37. The second kappa shape index (κ2) is 6.39. The van der Waals surface area contributed by atoms with E-state index < -0.39 is 0 Å². The van der Waals surface area contributed by atoms with Crippen LogP contribution in [0.25, 0.3) is 5.57 Å². The van der Waals surface area contributed by atoms with Crippen molar-refractivity contribution in [3.63, 3.8) is 0 Å². The van der Waals surface area contributed by atoms with Gasteiger partial charge in [0.05, 0.1) is 11.6 Å². The molecule has 0 bridgehead atoms. The first-order chi connectivity index (χ1) is 10.3. The van der Waals surface area contributed by atoms with E-state index in [2.05, 4.69) is 53.4 Å². The lowest BCUT2D eigenvalue weighted by Crippen LogP contribution is -2.28. The van der Waals surface area contributed by atoms with Crippen LogP contribution in [0.15, 0.2) is 60.7 Å². The first-order valence-corrected chi connectivity index (χ1v) is 7.31. The maximum atomic E-state index is 8.96. The highest BCUT2D eigenvalue weighted by Crippen LogP contribution is 2.22. The molecule has 1 aliphatic heterocycles. The van der Waals surface area contributed by atoms with E-state index in [4.69, 9.17) is 5.26 Å². The standard InChI is InChI=1S/C19H18N2/c20-14-16-5-4-6-17(13-16)15-21-11-9-19(10-12-21)18-7-2-1-3-8-18/h1-9,13H,10-12,15H2. The lowest BCUT2D eigenvalue weighted by molar-refractivity contribution is 0.294. The van der Waals surface area contributed by atoms with Gasteiger partial charge in [-0.25, -0.2) is 0 Å². The molecule has 2 aromatic rings. The van der Waals surface area contributed by atoms with Crippen molar-refractivity contribution < 1.29 is 0 Å². The van der Waals surface area contributed by atoms with E-state index >= 15 is 0 Å². The Morgan fingerprint density at radius 3 is 2.62 bits per heavy atom. The molecule has 104 valence electrons. The van der Waals surface area contributed by atoms with Crippen molar-refractivity contribution in [3.8, 4) is 6.07 Å². The highest BCUT2D eigenvalue weighted by Gasteiger charge is 2.13. The summed E-state index contributed by atoms with van der Waals surface area (Å²) in [5, 5.41) is 8.96. The number of hydrogen-bond donors (Lipinski definition) is 0. The van der Waals surface area contributed by atoms with E-state index in [1.54, 1.807) is 0 Å². The summed E-state index contributed by atoms with van der Waals surface area (Å²) in [6, 6.07) is 20.7. The van der Waals surface area contributed by atoms with Crippen LogP contribution < -0.4 is 0 Å². The fourth-order valence-electron chi connectivity index (χ4n) is 2.77. The van der Waals surface area contributed by atoms with Gasteiger partial charge in [-0.2, -0.15) is 5.26 Å². The van der Waals surface area contributed by atoms with Crippen molar-refractivity contribution >= 4 is 5.57 Å². The van der Waals surface area contributed by atoms with Crippen molar-refractivity contribution in [1.29, 1.82) is 5.26 Å². The minimum Gasteiger partial charge on any atom is -0.295 e. The molecule has 0 saturated carbocycles. The lowest BCUT2D eigenvalue weighted by Gasteiger charge is -2.26. The predicted octanol–water partition coefficient (Wildman–Crippen LogP) is 3.85. The summed E-state index contributed by atoms with van der Waals surface area (Å²) >= 11 is 0. The molecule has 0 saturated heterocycles. The highest BCUT2D eigenvalue weighted by molar-refractivity contribution is 5.66. The van der Waals surface area contributed by atoms with Gasteiger partial charge in [0.1, 0.15) is 0 Å². The second-order valence-corrected chi connectivity index (χ2v) is 5.39. The fraction of sp³-hybridized carbons (Fsp3) is 0.211. The molecule has 0 radical (unpaired) electrons. The largest absolute Gasteiger partial charge is 0.295 e. The average Bonchev–Trinajstić information content (AvgIpc) is 2.56. The number of benzene rings is 2. The van der Waals surface area contributed by atoms with E-state index in [1.807, 2.05) is 18.2 Å².